The molecule has 0 bridgehead atoms. The zero-order chi connectivity index (χ0) is 15.2. The van der Waals surface area contributed by atoms with Crippen LogP contribution in [0, 0.1) is 5.82 Å². The van der Waals surface area contributed by atoms with E-state index < -0.39 is 0 Å². The number of nitrogens with zero attached hydrogens (tertiary/aromatic N) is 2. The van der Waals surface area contributed by atoms with E-state index in [0.717, 1.165) is 24.1 Å². The SMILES string of the molecule is CCCCCCCc1nn(C)c(N)c1-c1ccccc1F. The summed E-state index contributed by atoms with van der Waals surface area (Å²) >= 11 is 0. The predicted octanol–water partition coefficient (Wildman–Crippen LogP) is 4.32. The van der Waals surface area contributed by atoms with Crippen LogP contribution in [0.2, 0.25) is 0 Å². The summed E-state index contributed by atoms with van der Waals surface area (Å²) in [6.45, 7) is 2.20. The molecular formula is C17H24FN3. The van der Waals surface area contributed by atoms with Gasteiger partial charge in [-0.25, -0.2) is 4.39 Å². The highest BCUT2D eigenvalue weighted by atomic mass is 19.1. The molecule has 0 amide bonds. The number of hydrogen-bond acceptors (Lipinski definition) is 2. The van der Waals surface area contributed by atoms with E-state index in [1.165, 1.54) is 31.7 Å². The molecule has 114 valence electrons. The van der Waals surface area contributed by atoms with Crippen molar-refractivity contribution in [3.8, 4) is 11.1 Å². The van der Waals surface area contributed by atoms with Crippen molar-refractivity contribution in [2.45, 2.75) is 45.4 Å². The molecule has 0 aliphatic carbocycles. The maximum absolute atomic E-state index is 14.0. The minimum Gasteiger partial charge on any atom is -0.383 e. The van der Waals surface area contributed by atoms with Crippen LogP contribution in [0.4, 0.5) is 10.2 Å². The Morgan fingerprint density at radius 2 is 1.86 bits per heavy atom. The summed E-state index contributed by atoms with van der Waals surface area (Å²) in [5.41, 5.74) is 8.29. The molecule has 0 spiro atoms. The van der Waals surface area contributed by atoms with Crippen molar-refractivity contribution < 1.29 is 4.39 Å². The van der Waals surface area contributed by atoms with Crippen molar-refractivity contribution in [2.75, 3.05) is 5.73 Å². The van der Waals surface area contributed by atoms with Crippen LogP contribution in [0.1, 0.15) is 44.7 Å². The third-order valence-corrected chi connectivity index (χ3v) is 3.82. The molecule has 0 fully saturated rings. The average Bonchev–Trinajstić information content (AvgIpc) is 2.75. The lowest BCUT2D eigenvalue weighted by molar-refractivity contribution is 0.621. The van der Waals surface area contributed by atoms with Gasteiger partial charge in [-0.3, -0.25) is 4.68 Å². The van der Waals surface area contributed by atoms with E-state index in [2.05, 4.69) is 12.0 Å². The molecule has 2 N–H and O–H groups in total. The first kappa shape index (κ1) is 15.5. The van der Waals surface area contributed by atoms with Gasteiger partial charge in [0.2, 0.25) is 0 Å². The molecule has 4 heteroatoms. The van der Waals surface area contributed by atoms with Gasteiger partial charge in [-0.2, -0.15) is 5.10 Å². The molecule has 1 aromatic carbocycles. The fraction of sp³-hybridized carbons (Fsp3) is 0.471. The standard InChI is InChI=1S/C17H24FN3/c1-3-4-5-6-7-12-15-16(17(19)21(2)20-15)13-10-8-9-11-14(13)18/h8-11H,3-7,12,19H2,1-2H3. The number of unbranched alkanes of at least 4 members (excludes halogenated alkanes) is 4. The number of anilines is 1. The average molecular weight is 289 g/mol. The summed E-state index contributed by atoms with van der Waals surface area (Å²) in [5.74, 6) is 0.285. The molecule has 2 aromatic rings. The topological polar surface area (TPSA) is 43.8 Å². The van der Waals surface area contributed by atoms with Crippen LogP contribution in [-0.2, 0) is 13.5 Å². The number of halogens is 1. The molecule has 0 aliphatic rings. The first-order valence-electron chi connectivity index (χ1n) is 7.71. The van der Waals surface area contributed by atoms with E-state index in [1.807, 2.05) is 6.07 Å². The van der Waals surface area contributed by atoms with Crippen LogP contribution in [0.15, 0.2) is 24.3 Å². The Balaban J connectivity index is 2.19. The highest BCUT2D eigenvalue weighted by Crippen LogP contribution is 2.32. The molecule has 0 atom stereocenters. The second-order valence-corrected chi connectivity index (χ2v) is 5.47. The van der Waals surface area contributed by atoms with Gasteiger partial charge >= 0.3 is 0 Å². The number of aryl methyl sites for hydroxylation is 2. The minimum atomic E-state index is -0.246. The van der Waals surface area contributed by atoms with Crippen molar-refractivity contribution in [1.29, 1.82) is 0 Å². The van der Waals surface area contributed by atoms with E-state index in [-0.39, 0.29) is 5.82 Å². The van der Waals surface area contributed by atoms with Gasteiger partial charge in [-0.05, 0) is 18.9 Å². The summed E-state index contributed by atoms with van der Waals surface area (Å²) in [6, 6.07) is 6.75. The Morgan fingerprint density at radius 1 is 1.14 bits per heavy atom. The van der Waals surface area contributed by atoms with Gasteiger partial charge in [0.1, 0.15) is 11.6 Å². The Labute approximate surface area is 126 Å². The number of nitrogen functional groups attached to an aromatic ring is 1. The maximum atomic E-state index is 14.0. The van der Waals surface area contributed by atoms with Gasteiger partial charge in [-0.1, -0.05) is 50.8 Å². The van der Waals surface area contributed by atoms with Crippen LogP contribution in [0.25, 0.3) is 11.1 Å². The molecule has 0 saturated carbocycles. The Morgan fingerprint density at radius 3 is 2.57 bits per heavy atom. The summed E-state index contributed by atoms with van der Waals surface area (Å²) in [6.07, 6.45) is 6.84. The molecule has 0 saturated heterocycles. The highest BCUT2D eigenvalue weighted by Gasteiger charge is 2.17. The van der Waals surface area contributed by atoms with Crippen LogP contribution in [0.5, 0.6) is 0 Å². The highest BCUT2D eigenvalue weighted by molar-refractivity contribution is 5.77. The Hall–Kier alpha value is -1.84. The molecular weight excluding hydrogens is 265 g/mol. The lowest BCUT2D eigenvalue weighted by atomic mass is 10.0. The number of benzene rings is 1. The molecule has 21 heavy (non-hydrogen) atoms. The van der Waals surface area contributed by atoms with Gasteiger partial charge in [0.05, 0.1) is 5.69 Å². The smallest absolute Gasteiger partial charge is 0.131 e. The number of nitrogens with two attached hydrogens (primary N) is 1. The van der Waals surface area contributed by atoms with E-state index in [1.54, 1.807) is 23.9 Å². The molecule has 1 heterocycles. The number of aromatic nitrogens is 2. The molecule has 2 rings (SSSR count). The fourth-order valence-corrected chi connectivity index (χ4v) is 2.62. The van der Waals surface area contributed by atoms with Crippen molar-refractivity contribution in [3.63, 3.8) is 0 Å². The minimum absolute atomic E-state index is 0.246. The largest absolute Gasteiger partial charge is 0.383 e. The van der Waals surface area contributed by atoms with Gasteiger partial charge in [0, 0.05) is 18.2 Å². The lowest BCUT2D eigenvalue weighted by Gasteiger charge is -2.05. The van der Waals surface area contributed by atoms with E-state index in [0.29, 0.717) is 11.4 Å². The first-order valence-corrected chi connectivity index (χ1v) is 7.71. The second-order valence-electron chi connectivity index (χ2n) is 5.47. The van der Waals surface area contributed by atoms with Crippen molar-refractivity contribution in [1.82, 2.24) is 9.78 Å². The zero-order valence-electron chi connectivity index (χ0n) is 12.9. The summed E-state index contributed by atoms with van der Waals surface area (Å²) in [5, 5.41) is 4.47. The summed E-state index contributed by atoms with van der Waals surface area (Å²) < 4.78 is 15.7. The van der Waals surface area contributed by atoms with Crippen LogP contribution in [0.3, 0.4) is 0 Å². The van der Waals surface area contributed by atoms with Gasteiger partial charge in [0.15, 0.2) is 0 Å². The quantitative estimate of drug-likeness (QED) is 0.771. The normalized spacial score (nSPS) is 11.0. The van der Waals surface area contributed by atoms with E-state index in [4.69, 9.17) is 5.73 Å². The monoisotopic (exact) mass is 289 g/mol. The van der Waals surface area contributed by atoms with Gasteiger partial charge in [-0.15, -0.1) is 0 Å². The third-order valence-electron chi connectivity index (χ3n) is 3.82. The first-order chi connectivity index (χ1) is 10.1. The maximum Gasteiger partial charge on any atom is 0.131 e. The zero-order valence-corrected chi connectivity index (χ0v) is 12.9. The summed E-state index contributed by atoms with van der Waals surface area (Å²) in [4.78, 5) is 0. The van der Waals surface area contributed by atoms with Gasteiger partial charge < -0.3 is 5.73 Å². The van der Waals surface area contributed by atoms with Crippen molar-refractivity contribution >= 4 is 5.82 Å². The Bertz CT molecular complexity index is 590. The fourth-order valence-electron chi connectivity index (χ4n) is 2.62. The van der Waals surface area contributed by atoms with Gasteiger partial charge in [0.25, 0.3) is 0 Å². The summed E-state index contributed by atoms with van der Waals surface area (Å²) in [7, 11) is 1.81. The molecule has 0 aliphatic heterocycles. The number of rotatable bonds is 7. The van der Waals surface area contributed by atoms with Crippen molar-refractivity contribution in [2.24, 2.45) is 7.05 Å². The second kappa shape index (κ2) is 7.25. The van der Waals surface area contributed by atoms with Crippen LogP contribution in [-0.4, -0.2) is 9.78 Å². The molecule has 0 unspecified atom stereocenters. The predicted molar refractivity (Wildman–Crippen MR) is 85.5 cm³/mol. The molecule has 0 radical (unpaired) electrons. The third kappa shape index (κ3) is 3.63. The van der Waals surface area contributed by atoms with E-state index >= 15 is 0 Å². The van der Waals surface area contributed by atoms with Crippen molar-refractivity contribution in [3.05, 3.63) is 35.8 Å². The molecule has 1 aromatic heterocycles. The number of hydrogen-bond donors (Lipinski definition) is 1. The van der Waals surface area contributed by atoms with Crippen LogP contribution < -0.4 is 5.73 Å². The Kier molecular flexibility index (Phi) is 5.37. The molecule has 3 nitrogen and oxygen atoms in total. The lowest BCUT2D eigenvalue weighted by Crippen LogP contribution is -1.98. The van der Waals surface area contributed by atoms with Crippen LogP contribution >= 0.6 is 0 Å². The van der Waals surface area contributed by atoms with E-state index in [9.17, 15) is 4.39 Å².